The van der Waals surface area contributed by atoms with Gasteiger partial charge in [0, 0.05) is 29.0 Å². The molecule has 3 rings (SSSR count). The summed E-state index contributed by atoms with van der Waals surface area (Å²) >= 11 is 3.41. The Hall–Kier alpha value is -2.12. The van der Waals surface area contributed by atoms with Gasteiger partial charge in [0.05, 0.1) is 0 Å². The molecule has 0 saturated heterocycles. The molecule has 24 heavy (non-hydrogen) atoms. The standard InChI is InChI=1S/C17H16BrN3O2S/c1-12-10-14(8-9-15(12)18)20-24(22,23)16-11-21(2)19-17(16)13-6-4-3-5-7-13/h3-11,20H,1-2H3. The number of anilines is 1. The van der Waals surface area contributed by atoms with E-state index in [4.69, 9.17) is 0 Å². The van der Waals surface area contributed by atoms with Crippen LogP contribution in [-0.2, 0) is 17.1 Å². The third-order valence-corrected chi connectivity index (χ3v) is 5.81. The van der Waals surface area contributed by atoms with E-state index in [1.165, 1.54) is 10.9 Å². The van der Waals surface area contributed by atoms with E-state index < -0.39 is 10.0 Å². The first kappa shape index (κ1) is 16.7. The Bertz CT molecular complexity index is 982. The molecule has 0 fully saturated rings. The molecular formula is C17H16BrN3O2S. The molecule has 0 saturated carbocycles. The number of hydrogen-bond donors (Lipinski definition) is 1. The number of benzene rings is 2. The van der Waals surface area contributed by atoms with Crippen molar-refractivity contribution in [3.8, 4) is 11.3 Å². The van der Waals surface area contributed by atoms with Gasteiger partial charge in [-0.05, 0) is 30.7 Å². The van der Waals surface area contributed by atoms with Crippen molar-refractivity contribution in [2.24, 2.45) is 7.05 Å². The number of sulfonamides is 1. The number of nitrogens with one attached hydrogen (secondary N) is 1. The average Bonchev–Trinajstić information content (AvgIpc) is 2.94. The summed E-state index contributed by atoms with van der Waals surface area (Å²) in [6, 6.07) is 14.6. The molecule has 0 bridgehead atoms. The Balaban J connectivity index is 2.03. The molecule has 0 aliphatic heterocycles. The van der Waals surface area contributed by atoms with E-state index in [2.05, 4.69) is 25.8 Å². The van der Waals surface area contributed by atoms with E-state index >= 15 is 0 Å². The minimum absolute atomic E-state index is 0.150. The molecule has 0 spiro atoms. The van der Waals surface area contributed by atoms with Gasteiger partial charge in [-0.3, -0.25) is 9.40 Å². The summed E-state index contributed by atoms with van der Waals surface area (Å²) in [5, 5.41) is 4.31. The van der Waals surface area contributed by atoms with Crippen LogP contribution in [0.15, 0.2) is 64.1 Å². The van der Waals surface area contributed by atoms with Crippen LogP contribution in [0, 0.1) is 6.92 Å². The summed E-state index contributed by atoms with van der Waals surface area (Å²) in [4.78, 5) is 0.150. The van der Waals surface area contributed by atoms with Gasteiger partial charge in [-0.1, -0.05) is 46.3 Å². The maximum Gasteiger partial charge on any atom is 0.265 e. The Kier molecular flexibility index (Phi) is 4.47. The molecule has 0 amide bonds. The summed E-state index contributed by atoms with van der Waals surface area (Å²) < 4.78 is 30.7. The summed E-state index contributed by atoms with van der Waals surface area (Å²) in [5.74, 6) is 0. The van der Waals surface area contributed by atoms with Crippen molar-refractivity contribution in [3.63, 3.8) is 0 Å². The Labute approximate surface area is 149 Å². The molecule has 124 valence electrons. The van der Waals surface area contributed by atoms with Crippen molar-refractivity contribution in [1.82, 2.24) is 9.78 Å². The number of halogens is 1. The van der Waals surface area contributed by atoms with Gasteiger partial charge in [0.25, 0.3) is 10.0 Å². The first-order valence-corrected chi connectivity index (χ1v) is 9.52. The molecule has 0 unspecified atom stereocenters. The third-order valence-electron chi connectivity index (χ3n) is 3.54. The van der Waals surface area contributed by atoms with Crippen molar-refractivity contribution in [2.45, 2.75) is 11.8 Å². The highest BCUT2D eigenvalue weighted by Crippen LogP contribution is 2.28. The van der Waals surface area contributed by atoms with Gasteiger partial charge in [-0.2, -0.15) is 5.10 Å². The second-order valence-corrected chi connectivity index (χ2v) is 7.96. The first-order chi connectivity index (χ1) is 11.4. The predicted octanol–water partition coefficient (Wildman–Crippen LogP) is 3.96. The number of aryl methyl sites for hydroxylation is 2. The zero-order valence-electron chi connectivity index (χ0n) is 13.2. The van der Waals surface area contributed by atoms with Crippen LogP contribution in [0.2, 0.25) is 0 Å². The average molecular weight is 406 g/mol. The minimum atomic E-state index is -3.75. The Morgan fingerprint density at radius 3 is 2.50 bits per heavy atom. The number of hydrogen-bond acceptors (Lipinski definition) is 3. The lowest BCUT2D eigenvalue weighted by atomic mass is 10.2. The van der Waals surface area contributed by atoms with Crippen molar-refractivity contribution >= 4 is 31.6 Å². The molecule has 1 heterocycles. The van der Waals surface area contributed by atoms with Crippen LogP contribution < -0.4 is 4.72 Å². The van der Waals surface area contributed by atoms with Gasteiger partial charge < -0.3 is 0 Å². The second-order valence-electron chi connectivity index (χ2n) is 5.45. The number of nitrogens with zero attached hydrogens (tertiary/aromatic N) is 2. The molecule has 0 aliphatic rings. The van der Waals surface area contributed by atoms with Gasteiger partial charge in [0.15, 0.2) is 0 Å². The number of aromatic nitrogens is 2. The van der Waals surface area contributed by atoms with Crippen molar-refractivity contribution < 1.29 is 8.42 Å². The van der Waals surface area contributed by atoms with Crippen molar-refractivity contribution in [2.75, 3.05) is 4.72 Å². The SMILES string of the molecule is Cc1cc(NS(=O)(=O)c2cn(C)nc2-c2ccccc2)ccc1Br. The largest absolute Gasteiger partial charge is 0.280 e. The summed E-state index contributed by atoms with van der Waals surface area (Å²) in [7, 11) is -2.05. The molecule has 0 aliphatic carbocycles. The Morgan fingerprint density at radius 2 is 1.83 bits per heavy atom. The zero-order chi connectivity index (χ0) is 17.3. The van der Waals surface area contributed by atoms with Gasteiger partial charge in [-0.25, -0.2) is 8.42 Å². The lowest BCUT2D eigenvalue weighted by Gasteiger charge is -2.09. The maximum atomic E-state index is 12.8. The van der Waals surface area contributed by atoms with Crippen LogP contribution in [-0.4, -0.2) is 18.2 Å². The van der Waals surface area contributed by atoms with E-state index in [-0.39, 0.29) is 4.90 Å². The lowest BCUT2D eigenvalue weighted by molar-refractivity contribution is 0.601. The third kappa shape index (κ3) is 3.37. The van der Waals surface area contributed by atoms with E-state index in [1.54, 1.807) is 19.2 Å². The molecule has 1 aromatic heterocycles. The predicted molar refractivity (Wildman–Crippen MR) is 98.3 cm³/mol. The van der Waals surface area contributed by atoms with Gasteiger partial charge >= 0.3 is 0 Å². The van der Waals surface area contributed by atoms with Gasteiger partial charge in [0.1, 0.15) is 10.6 Å². The fourth-order valence-corrected chi connectivity index (χ4v) is 3.88. The number of rotatable bonds is 4. The van der Waals surface area contributed by atoms with E-state index in [9.17, 15) is 8.42 Å². The fourth-order valence-electron chi connectivity index (χ4n) is 2.38. The monoisotopic (exact) mass is 405 g/mol. The topological polar surface area (TPSA) is 64.0 Å². The zero-order valence-corrected chi connectivity index (χ0v) is 15.6. The molecule has 1 N–H and O–H groups in total. The molecule has 5 nitrogen and oxygen atoms in total. The van der Waals surface area contributed by atoms with Crippen LogP contribution in [0.3, 0.4) is 0 Å². The smallest absolute Gasteiger partial charge is 0.265 e. The van der Waals surface area contributed by atoms with Crippen LogP contribution in [0.25, 0.3) is 11.3 Å². The van der Waals surface area contributed by atoms with Gasteiger partial charge in [-0.15, -0.1) is 0 Å². The summed E-state index contributed by atoms with van der Waals surface area (Å²) in [6.45, 7) is 1.90. The highest BCUT2D eigenvalue weighted by atomic mass is 79.9. The molecule has 3 aromatic rings. The summed E-state index contributed by atoms with van der Waals surface area (Å²) in [5.41, 5.74) is 2.65. The normalized spacial score (nSPS) is 11.5. The highest BCUT2D eigenvalue weighted by molar-refractivity contribution is 9.10. The van der Waals surface area contributed by atoms with E-state index in [1.807, 2.05) is 43.3 Å². The molecule has 7 heteroatoms. The Morgan fingerprint density at radius 1 is 1.12 bits per heavy atom. The summed E-state index contributed by atoms with van der Waals surface area (Å²) in [6.07, 6.45) is 1.51. The maximum absolute atomic E-state index is 12.8. The van der Waals surface area contributed by atoms with Crippen LogP contribution >= 0.6 is 15.9 Å². The van der Waals surface area contributed by atoms with Crippen molar-refractivity contribution in [3.05, 3.63) is 64.8 Å². The molecule has 2 aromatic carbocycles. The second kappa shape index (κ2) is 6.41. The van der Waals surface area contributed by atoms with Crippen LogP contribution in [0.1, 0.15) is 5.56 Å². The minimum Gasteiger partial charge on any atom is -0.280 e. The quantitative estimate of drug-likeness (QED) is 0.714. The lowest BCUT2D eigenvalue weighted by Crippen LogP contribution is -2.13. The molecule has 0 atom stereocenters. The fraction of sp³-hybridized carbons (Fsp3) is 0.118. The van der Waals surface area contributed by atoms with Gasteiger partial charge in [0.2, 0.25) is 0 Å². The van der Waals surface area contributed by atoms with E-state index in [0.29, 0.717) is 11.4 Å². The molecular weight excluding hydrogens is 390 g/mol. The van der Waals surface area contributed by atoms with Crippen LogP contribution in [0.4, 0.5) is 5.69 Å². The van der Waals surface area contributed by atoms with Crippen molar-refractivity contribution in [1.29, 1.82) is 0 Å². The van der Waals surface area contributed by atoms with E-state index in [0.717, 1.165) is 15.6 Å². The highest BCUT2D eigenvalue weighted by Gasteiger charge is 2.23. The molecule has 0 radical (unpaired) electrons. The first-order valence-electron chi connectivity index (χ1n) is 7.25. The van der Waals surface area contributed by atoms with Crippen LogP contribution in [0.5, 0.6) is 0 Å².